The van der Waals surface area contributed by atoms with Gasteiger partial charge in [0.25, 0.3) is 0 Å². The van der Waals surface area contributed by atoms with Crippen molar-refractivity contribution in [1.29, 1.82) is 0 Å². The lowest BCUT2D eigenvalue weighted by atomic mass is 9.99. The highest BCUT2D eigenvalue weighted by atomic mass is 16.5. The monoisotopic (exact) mass is 295 g/mol. The van der Waals surface area contributed by atoms with Gasteiger partial charge in [-0.1, -0.05) is 29.4 Å². The van der Waals surface area contributed by atoms with E-state index in [1.165, 1.54) is 11.1 Å². The van der Waals surface area contributed by atoms with Crippen LogP contribution >= 0.6 is 0 Å². The molecule has 112 valence electrons. The number of rotatable bonds is 3. The second kappa shape index (κ2) is 5.42. The van der Waals surface area contributed by atoms with Gasteiger partial charge in [-0.05, 0) is 36.6 Å². The van der Waals surface area contributed by atoms with Gasteiger partial charge in [0.15, 0.2) is 5.76 Å². The van der Waals surface area contributed by atoms with Crippen LogP contribution in [0.5, 0.6) is 0 Å². The molecule has 0 saturated carbocycles. The predicted octanol–water partition coefficient (Wildman–Crippen LogP) is 3.45. The topological polar surface area (TPSA) is 55.3 Å². The zero-order valence-corrected chi connectivity index (χ0v) is 12.4. The molecule has 2 aromatic heterocycles. The van der Waals surface area contributed by atoms with Crippen LogP contribution in [-0.4, -0.2) is 21.6 Å². The first-order chi connectivity index (χ1) is 10.8. The smallest absolute Gasteiger partial charge is 0.244 e. The lowest BCUT2D eigenvalue weighted by molar-refractivity contribution is 0.158. The van der Waals surface area contributed by atoms with Crippen molar-refractivity contribution in [3.05, 3.63) is 59.7 Å². The van der Waals surface area contributed by atoms with Crippen molar-refractivity contribution in [3.8, 4) is 11.6 Å². The molecule has 0 spiro atoms. The average Bonchev–Trinajstić information content (AvgIpc) is 3.24. The van der Waals surface area contributed by atoms with Crippen LogP contribution in [0.1, 0.15) is 30.0 Å². The minimum absolute atomic E-state index is 0.0876. The normalized spacial score (nSPS) is 16.4. The van der Waals surface area contributed by atoms with Crippen LogP contribution in [0.2, 0.25) is 0 Å². The molecule has 5 heteroatoms. The SMILES string of the molecule is C[C@@H](c1nc(-c2ccco2)no1)N1CCc2ccccc2C1. The van der Waals surface area contributed by atoms with Crippen LogP contribution in [-0.2, 0) is 13.0 Å². The fourth-order valence-corrected chi connectivity index (χ4v) is 2.92. The molecule has 22 heavy (non-hydrogen) atoms. The Hall–Kier alpha value is -2.40. The van der Waals surface area contributed by atoms with E-state index in [0.29, 0.717) is 17.5 Å². The summed E-state index contributed by atoms with van der Waals surface area (Å²) in [6.45, 7) is 4.01. The summed E-state index contributed by atoms with van der Waals surface area (Å²) in [6.07, 6.45) is 2.66. The Morgan fingerprint density at radius 2 is 2.00 bits per heavy atom. The molecule has 1 atom stereocenters. The number of fused-ring (bicyclic) bond motifs is 1. The molecule has 0 unspecified atom stereocenters. The molecule has 4 rings (SSSR count). The third-order valence-electron chi connectivity index (χ3n) is 4.25. The van der Waals surface area contributed by atoms with Crippen molar-refractivity contribution in [2.45, 2.75) is 25.9 Å². The molecule has 3 heterocycles. The Kier molecular flexibility index (Phi) is 3.27. The van der Waals surface area contributed by atoms with Crippen molar-refractivity contribution in [1.82, 2.24) is 15.0 Å². The summed E-state index contributed by atoms with van der Waals surface area (Å²) >= 11 is 0. The molecule has 0 radical (unpaired) electrons. The first kappa shape index (κ1) is 13.3. The van der Waals surface area contributed by atoms with Crippen LogP contribution in [0.15, 0.2) is 51.6 Å². The summed E-state index contributed by atoms with van der Waals surface area (Å²) in [4.78, 5) is 6.83. The Bertz CT molecular complexity index is 764. The fraction of sp³-hybridized carbons (Fsp3) is 0.294. The molecular weight excluding hydrogens is 278 g/mol. The van der Waals surface area contributed by atoms with Gasteiger partial charge < -0.3 is 8.94 Å². The van der Waals surface area contributed by atoms with E-state index in [2.05, 4.69) is 46.2 Å². The standard InChI is InChI=1S/C17H17N3O2/c1-12(17-18-16(19-22-17)15-7-4-10-21-15)20-9-8-13-5-2-3-6-14(13)11-20/h2-7,10,12H,8-9,11H2,1H3/t12-/m0/s1. The van der Waals surface area contributed by atoms with E-state index >= 15 is 0 Å². The summed E-state index contributed by atoms with van der Waals surface area (Å²) in [7, 11) is 0. The second-order valence-electron chi connectivity index (χ2n) is 5.60. The van der Waals surface area contributed by atoms with Crippen LogP contribution in [0, 0.1) is 0 Å². The molecule has 0 fully saturated rings. The lowest BCUT2D eigenvalue weighted by Crippen LogP contribution is -2.33. The van der Waals surface area contributed by atoms with E-state index in [1.807, 2.05) is 12.1 Å². The molecule has 1 aliphatic heterocycles. The molecule has 0 aliphatic carbocycles. The van der Waals surface area contributed by atoms with Crippen LogP contribution in [0.4, 0.5) is 0 Å². The van der Waals surface area contributed by atoms with Gasteiger partial charge in [-0.2, -0.15) is 4.98 Å². The van der Waals surface area contributed by atoms with Crippen molar-refractivity contribution >= 4 is 0 Å². The summed E-state index contributed by atoms with van der Waals surface area (Å²) < 4.78 is 10.7. The molecule has 0 amide bonds. The number of aromatic nitrogens is 2. The summed E-state index contributed by atoms with van der Waals surface area (Å²) in [5.41, 5.74) is 2.82. The number of hydrogen-bond acceptors (Lipinski definition) is 5. The van der Waals surface area contributed by atoms with E-state index in [-0.39, 0.29) is 6.04 Å². The van der Waals surface area contributed by atoms with E-state index in [9.17, 15) is 0 Å². The molecule has 0 saturated heterocycles. The third-order valence-corrected chi connectivity index (χ3v) is 4.25. The maximum Gasteiger partial charge on any atom is 0.244 e. The van der Waals surface area contributed by atoms with Gasteiger partial charge in [0.2, 0.25) is 11.7 Å². The summed E-state index contributed by atoms with van der Waals surface area (Å²) in [5.74, 6) is 1.77. The Morgan fingerprint density at radius 1 is 1.14 bits per heavy atom. The number of hydrogen-bond donors (Lipinski definition) is 0. The van der Waals surface area contributed by atoms with Crippen molar-refractivity contribution in [2.24, 2.45) is 0 Å². The minimum atomic E-state index is 0.0876. The number of nitrogens with zero attached hydrogens (tertiary/aromatic N) is 3. The van der Waals surface area contributed by atoms with Crippen LogP contribution < -0.4 is 0 Å². The van der Waals surface area contributed by atoms with Gasteiger partial charge in [0, 0.05) is 13.1 Å². The highest BCUT2D eigenvalue weighted by Gasteiger charge is 2.25. The zero-order valence-electron chi connectivity index (χ0n) is 12.4. The summed E-state index contributed by atoms with van der Waals surface area (Å²) in [5, 5.41) is 4.01. The van der Waals surface area contributed by atoms with Crippen molar-refractivity contribution in [2.75, 3.05) is 6.54 Å². The Morgan fingerprint density at radius 3 is 2.82 bits per heavy atom. The van der Waals surface area contributed by atoms with Gasteiger partial charge >= 0.3 is 0 Å². The fourth-order valence-electron chi connectivity index (χ4n) is 2.92. The van der Waals surface area contributed by atoms with Crippen LogP contribution in [0.3, 0.4) is 0 Å². The second-order valence-corrected chi connectivity index (χ2v) is 5.60. The molecule has 1 aliphatic rings. The quantitative estimate of drug-likeness (QED) is 0.740. The van der Waals surface area contributed by atoms with Gasteiger partial charge in [0.1, 0.15) is 0 Å². The van der Waals surface area contributed by atoms with Gasteiger partial charge in [-0.15, -0.1) is 0 Å². The third kappa shape index (κ3) is 2.33. The lowest BCUT2D eigenvalue weighted by Gasteiger charge is -2.31. The molecular formula is C17H17N3O2. The van der Waals surface area contributed by atoms with E-state index in [0.717, 1.165) is 19.5 Å². The highest BCUT2D eigenvalue weighted by molar-refractivity contribution is 5.44. The first-order valence-corrected chi connectivity index (χ1v) is 7.49. The zero-order chi connectivity index (χ0) is 14.9. The summed E-state index contributed by atoms with van der Waals surface area (Å²) in [6, 6.07) is 12.3. The first-order valence-electron chi connectivity index (χ1n) is 7.49. The van der Waals surface area contributed by atoms with Crippen molar-refractivity contribution in [3.63, 3.8) is 0 Å². The van der Waals surface area contributed by atoms with E-state index in [4.69, 9.17) is 8.94 Å². The van der Waals surface area contributed by atoms with Gasteiger partial charge in [-0.25, -0.2) is 0 Å². The molecule has 0 N–H and O–H groups in total. The maximum atomic E-state index is 5.43. The number of benzene rings is 1. The van der Waals surface area contributed by atoms with Gasteiger partial charge in [0.05, 0.1) is 12.3 Å². The van der Waals surface area contributed by atoms with E-state index in [1.54, 1.807) is 6.26 Å². The Labute approximate surface area is 128 Å². The molecule has 1 aromatic carbocycles. The maximum absolute atomic E-state index is 5.43. The largest absolute Gasteiger partial charge is 0.461 e. The van der Waals surface area contributed by atoms with Gasteiger partial charge in [-0.3, -0.25) is 4.90 Å². The average molecular weight is 295 g/mol. The molecule has 0 bridgehead atoms. The molecule has 3 aromatic rings. The Balaban J connectivity index is 1.54. The van der Waals surface area contributed by atoms with Crippen molar-refractivity contribution < 1.29 is 8.94 Å². The number of furan rings is 1. The van der Waals surface area contributed by atoms with Crippen LogP contribution in [0.25, 0.3) is 11.6 Å². The predicted molar refractivity (Wildman–Crippen MR) is 81.0 cm³/mol. The molecule has 5 nitrogen and oxygen atoms in total. The highest BCUT2D eigenvalue weighted by Crippen LogP contribution is 2.28. The minimum Gasteiger partial charge on any atom is -0.461 e. The van der Waals surface area contributed by atoms with E-state index < -0.39 is 0 Å².